The Morgan fingerprint density at radius 3 is 1.76 bits per heavy atom. The highest BCUT2D eigenvalue weighted by atomic mass is 31.1. The van der Waals surface area contributed by atoms with E-state index in [1.165, 1.54) is 64.7 Å². The van der Waals surface area contributed by atoms with Gasteiger partial charge in [0.1, 0.15) is 13.9 Å². The van der Waals surface area contributed by atoms with Gasteiger partial charge in [-0.25, -0.2) is 4.98 Å². The van der Waals surface area contributed by atoms with E-state index in [2.05, 4.69) is 299 Å². The molecule has 75 heavy (non-hydrogen) atoms. The second kappa shape index (κ2) is 19.1. The third-order valence-electron chi connectivity index (χ3n) is 15.2. The van der Waals surface area contributed by atoms with Crippen molar-refractivity contribution in [2.75, 3.05) is 0 Å². The fourth-order valence-corrected chi connectivity index (χ4v) is 15.8. The van der Waals surface area contributed by atoms with Gasteiger partial charge in [0.25, 0.3) is 6.33 Å². The van der Waals surface area contributed by atoms with Crippen molar-refractivity contribution in [3.05, 3.63) is 254 Å². The van der Waals surface area contributed by atoms with E-state index in [9.17, 15) is 0 Å². The lowest BCUT2D eigenvalue weighted by atomic mass is 9.85. The number of imidazole rings is 1. The van der Waals surface area contributed by atoms with Gasteiger partial charge in [-0.15, -0.1) is 0 Å². The minimum Gasteiger partial charge on any atom is -0.294 e. The van der Waals surface area contributed by atoms with Crippen LogP contribution >= 0.6 is 8.58 Å². The molecule has 0 bridgehead atoms. The molecule has 0 aliphatic rings. The van der Waals surface area contributed by atoms with Crippen LogP contribution in [0.3, 0.4) is 0 Å². The Kier molecular flexibility index (Phi) is 12.2. The van der Waals surface area contributed by atoms with E-state index in [1.807, 2.05) is 6.20 Å². The molecule has 0 N–H and O–H groups in total. The first-order valence-electron chi connectivity index (χ1n) is 26.1. The van der Waals surface area contributed by atoms with Crippen molar-refractivity contribution in [1.82, 2.24) is 14.1 Å². The van der Waals surface area contributed by atoms with Crippen molar-refractivity contribution in [2.24, 2.45) is 0 Å². The van der Waals surface area contributed by atoms with Crippen molar-refractivity contribution in [3.63, 3.8) is 0 Å². The lowest BCUT2D eigenvalue weighted by Crippen LogP contribution is -2.64. The molecular weight excluding hydrogens is 944 g/mol. The van der Waals surface area contributed by atoms with E-state index < -0.39 is 8.07 Å². The Balaban J connectivity index is 0.999. The number of aromatic nitrogens is 4. The molecule has 4 nitrogen and oxygen atoms in total. The van der Waals surface area contributed by atoms with E-state index in [1.54, 1.807) is 0 Å². The molecule has 0 amide bonds. The summed E-state index contributed by atoms with van der Waals surface area (Å²) in [5, 5.41) is 9.12. The number of benzene rings is 9. The summed E-state index contributed by atoms with van der Waals surface area (Å²) >= 11 is 0. The molecule has 0 aliphatic carbocycles. The van der Waals surface area contributed by atoms with Crippen LogP contribution in [0.1, 0.15) is 52.7 Å². The minimum atomic E-state index is -2.43. The van der Waals surface area contributed by atoms with E-state index in [-0.39, 0.29) is 10.8 Å². The Bertz CT molecular complexity index is 4040. The number of fused-ring (bicyclic) bond motifs is 4. The van der Waals surface area contributed by atoms with Crippen LogP contribution in [-0.2, 0) is 10.8 Å². The van der Waals surface area contributed by atoms with Crippen LogP contribution in [0.4, 0.5) is 0 Å². The summed E-state index contributed by atoms with van der Waals surface area (Å²) in [6, 6.07) is 85.5. The smallest absolute Gasteiger partial charge is 0.269 e. The van der Waals surface area contributed by atoms with Crippen LogP contribution in [-0.4, -0.2) is 22.2 Å². The molecule has 6 heteroatoms. The number of hydrogen-bond acceptors (Lipinski definition) is 1. The van der Waals surface area contributed by atoms with E-state index in [0.717, 1.165) is 44.9 Å². The van der Waals surface area contributed by atoms with Crippen LogP contribution in [0.15, 0.2) is 237 Å². The third-order valence-corrected chi connectivity index (χ3v) is 20.9. The summed E-state index contributed by atoms with van der Waals surface area (Å²) < 4.78 is 6.93. The highest BCUT2D eigenvalue weighted by molar-refractivity contribution is 7.55. The van der Waals surface area contributed by atoms with Crippen LogP contribution < -0.4 is 30.7 Å². The quantitative estimate of drug-likeness (QED) is 0.0441. The standard InChI is InChI=1S/C69H61N4PSi/c1-68(2,3)50-24-18-22-48(42-50)58-33-21-34-59(49-23-19-31-57(43-49)75(7,55-27-10-8-11-28-55)56-29-12-9-13-30-56)67(58)72-47-71(63-36-16-17-37-64(63)72)52-25-20-26-53(45-52)74-54-38-39-61-60-32-14-15-35-62(60)73(65(61)46-54)66-44-51(40-41-70-66)69(4,5)6/h8-46,74H,1-7H3. The summed E-state index contributed by atoms with van der Waals surface area (Å²) in [7, 11) is -2.01. The average molecular weight is 1010 g/mol. The predicted octanol–water partition coefficient (Wildman–Crippen LogP) is 13.9. The van der Waals surface area contributed by atoms with Crippen molar-refractivity contribution >= 4 is 75.7 Å². The molecule has 0 radical (unpaired) electrons. The van der Waals surface area contributed by atoms with Gasteiger partial charge in [-0.2, -0.15) is 0 Å². The van der Waals surface area contributed by atoms with E-state index in [0.29, 0.717) is 8.58 Å². The van der Waals surface area contributed by atoms with Crippen LogP contribution in [0.25, 0.3) is 72.3 Å². The lowest BCUT2D eigenvalue weighted by Gasteiger charge is -2.30. The Morgan fingerprint density at radius 1 is 0.467 bits per heavy atom. The summed E-state index contributed by atoms with van der Waals surface area (Å²) in [6.45, 7) is 16.2. The van der Waals surface area contributed by atoms with Gasteiger partial charge < -0.3 is 0 Å². The summed E-state index contributed by atoms with van der Waals surface area (Å²) in [6.07, 6.45) is 5.94. The molecule has 0 spiro atoms. The number of rotatable bonds is 10. The molecule has 9 aromatic carbocycles. The third kappa shape index (κ3) is 8.84. The number of hydrogen-bond donors (Lipinski definition) is 0. The van der Waals surface area contributed by atoms with Crippen molar-refractivity contribution < 1.29 is 4.57 Å². The normalized spacial score (nSPS) is 12.4. The summed E-state index contributed by atoms with van der Waals surface area (Å²) in [5.74, 6) is 0.943. The van der Waals surface area contributed by atoms with E-state index in [4.69, 9.17) is 4.98 Å². The van der Waals surface area contributed by atoms with Gasteiger partial charge in [0.05, 0.1) is 33.4 Å². The molecule has 0 fully saturated rings. The molecule has 1 atom stereocenters. The minimum absolute atomic E-state index is 0.000791. The van der Waals surface area contributed by atoms with Gasteiger partial charge in [-0.05, 0) is 107 Å². The second-order valence-corrected chi connectivity index (χ2v) is 27.5. The largest absolute Gasteiger partial charge is 0.294 e. The Morgan fingerprint density at radius 2 is 1.04 bits per heavy atom. The molecule has 3 heterocycles. The van der Waals surface area contributed by atoms with Gasteiger partial charge >= 0.3 is 0 Å². The molecule has 0 saturated heterocycles. The van der Waals surface area contributed by atoms with Gasteiger partial charge in [-0.1, -0.05) is 251 Å². The zero-order valence-electron chi connectivity index (χ0n) is 43.8. The zero-order valence-corrected chi connectivity index (χ0v) is 45.8. The average Bonchev–Trinajstić information content (AvgIpc) is 4.00. The first-order chi connectivity index (χ1) is 36.3. The molecule has 12 aromatic rings. The maximum atomic E-state index is 4.96. The maximum absolute atomic E-state index is 4.96. The highest BCUT2D eigenvalue weighted by Crippen LogP contribution is 2.37. The fraction of sp³-hybridized carbons (Fsp3) is 0.130. The molecule has 1 unspecified atom stereocenters. The lowest BCUT2D eigenvalue weighted by molar-refractivity contribution is -0.571. The molecule has 0 aliphatic heterocycles. The van der Waals surface area contributed by atoms with Gasteiger partial charge in [0, 0.05) is 17.0 Å². The molecule has 0 saturated carbocycles. The van der Waals surface area contributed by atoms with Crippen molar-refractivity contribution in [2.45, 2.75) is 58.9 Å². The maximum Gasteiger partial charge on any atom is 0.269 e. The van der Waals surface area contributed by atoms with Gasteiger partial charge in [-0.3, -0.25) is 13.7 Å². The van der Waals surface area contributed by atoms with Gasteiger partial charge in [0.2, 0.25) is 0 Å². The monoisotopic (exact) mass is 1000 g/mol. The molecule has 3 aromatic heterocycles. The molecule has 366 valence electrons. The highest BCUT2D eigenvalue weighted by Gasteiger charge is 2.34. The second-order valence-electron chi connectivity index (χ2n) is 22.1. The zero-order chi connectivity index (χ0) is 51.5. The topological polar surface area (TPSA) is 26.6 Å². The predicted molar refractivity (Wildman–Crippen MR) is 321 cm³/mol. The first kappa shape index (κ1) is 48.0. The number of para-hydroxylation sites is 4. The van der Waals surface area contributed by atoms with Crippen LogP contribution in [0.2, 0.25) is 6.55 Å². The summed E-state index contributed by atoms with van der Waals surface area (Å²) in [5.41, 5.74) is 13.9. The van der Waals surface area contributed by atoms with Crippen molar-refractivity contribution in [1.29, 1.82) is 0 Å². The molecular formula is C69H61N4PSi. The number of pyridine rings is 1. The Hall–Kier alpha value is -7.95. The summed E-state index contributed by atoms with van der Waals surface area (Å²) in [4.78, 5) is 4.96. The van der Waals surface area contributed by atoms with Crippen molar-refractivity contribution in [3.8, 4) is 39.4 Å². The SMILES string of the molecule is CC(C)(C)c1cccc(-c2cccc(-c3cccc([Si](C)(c4ccccc4)c4ccccc4)c3)c2-[n+]2[c-]n(-c3cccc(Pc4ccc5c6ccccc6n(-c6cc(C(C)(C)C)ccn6)c5c4)c3)c3ccccc32)c1. The van der Waals surface area contributed by atoms with Crippen LogP contribution in [0.5, 0.6) is 0 Å². The Labute approximate surface area is 444 Å². The number of nitrogens with zero attached hydrogens (tertiary/aromatic N) is 4. The first-order valence-corrected chi connectivity index (χ1v) is 29.6. The molecule has 12 rings (SSSR count). The van der Waals surface area contributed by atoms with Gasteiger partial charge in [0.15, 0.2) is 0 Å². The van der Waals surface area contributed by atoms with Crippen LogP contribution in [0, 0.1) is 6.33 Å². The van der Waals surface area contributed by atoms with E-state index >= 15 is 0 Å². The fourth-order valence-electron chi connectivity index (χ4n) is 11.1.